The van der Waals surface area contributed by atoms with Gasteiger partial charge in [0.15, 0.2) is 0 Å². The molecule has 0 saturated carbocycles. The molecule has 0 fully saturated rings. The van der Waals surface area contributed by atoms with Crippen molar-refractivity contribution in [1.29, 1.82) is 0 Å². The summed E-state index contributed by atoms with van der Waals surface area (Å²) in [5.41, 5.74) is 3.65. The Labute approximate surface area is 111 Å². The molecule has 2 rings (SSSR count). The van der Waals surface area contributed by atoms with E-state index in [0.717, 1.165) is 23.0 Å². The maximum absolute atomic E-state index is 13.9. The van der Waals surface area contributed by atoms with E-state index in [4.69, 9.17) is 10.0 Å². The van der Waals surface area contributed by atoms with Crippen molar-refractivity contribution in [1.82, 2.24) is 9.78 Å². The van der Waals surface area contributed by atoms with Crippen molar-refractivity contribution in [3.05, 3.63) is 46.5 Å². The van der Waals surface area contributed by atoms with Gasteiger partial charge in [0, 0.05) is 11.3 Å². The van der Waals surface area contributed by atoms with E-state index in [1.165, 1.54) is 6.07 Å². The third-order valence-corrected chi connectivity index (χ3v) is 3.44. The maximum atomic E-state index is 13.9. The number of benzene rings is 1. The molecule has 0 unspecified atom stereocenters. The number of hydrogen-bond donors (Lipinski definition) is 2. The van der Waals surface area contributed by atoms with E-state index in [0.29, 0.717) is 12.1 Å². The second kappa shape index (κ2) is 5.15. The summed E-state index contributed by atoms with van der Waals surface area (Å²) in [7, 11) is -1.65. The lowest BCUT2D eigenvalue weighted by Crippen LogP contribution is -2.30. The van der Waals surface area contributed by atoms with Gasteiger partial charge in [-0.2, -0.15) is 5.10 Å². The molecule has 0 aliphatic heterocycles. The van der Waals surface area contributed by atoms with E-state index < -0.39 is 12.9 Å². The number of aryl methyl sites for hydroxylation is 1. The summed E-state index contributed by atoms with van der Waals surface area (Å²) < 4.78 is 15.6. The molecule has 0 bridgehead atoms. The van der Waals surface area contributed by atoms with E-state index in [1.807, 2.05) is 20.8 Å². The van der Waals surface area contributed by atoms with Crippen LogP contribution in [0.1, 0.15) is 22.5 Å². The highest BCUT2D eigenvalue weighted by molar-refractivity contribution is 6.58. The van der Waals surface area contributed by atoms with Crippen molar-refractivity contribution in [2.75, 3.05) is 0 Å². The van der Waals surface area contributed by atoms with Gasteiger partial charge in [-0.15, -0.1) is 0 Å². The molecule has 6 heteroatoms. The predicted molar refractivity (Wildman–Crippen MR) is 71.8 cm³/mol. The van der Waals surface area contributed by atoms with Crippen LogP contribution >= 0.6 is 0 Å². The molecule has 2 aromatic rings. The van der Waals surface area contributed by atoms with Crippen LogP contribution in [0.5, 0.6) is 0 Å². The fourth-order valence-electron chi connectivity index (χ4n) is 1.95. The van der Waals surface area contributed by atoms with Gasteiger partial charge in [-0.3, -0.25) is 4.68 Å². The van der Waals surface area contributed by atoms with Crippen LogP contribution < -0.4 is 5.46 Å². The average Bonchev–Trinajstić information content (AvgIpc) is 2.59. The zero-order valence-electron chi connectivity index (χ0n) is 11.2. The molecule has 2 N–H and O–H groups in total. The van der Waals surface area contributed by atoms with Crippen LogP contribution in [-0.4, -0.2) is 26.9 Å². The molecule has 1 aromatic carbocycles. The summed E-state index contributed by atoms with van der Waals surface area (Å²) in [6, 6.07) is 4.19. The topological polar surface area (TPSA) is 58.3 Å². The average molecular weight is 262 g/mol. The first-order valence-corrected chi connectivity index (χ1v) is 6.05. The highest BCUT2D eigenvalue weighted by Crippen LogP contribution is 2.14. The molecule has 0 aliphatic carbocycles. The van der Waals surface area contributed by atoms with Crippen molar-refractivity contribution in [2.45, 2.75) is 27.3 Å². The summed E-state index contributed by atoms with van der Waals surface area (Å²) in [5, 5.41) is 22.3. The summed E-state index contributed by atoms with van der Waals surface area (Å²) in [5.74, 6) is -0.462. The Hall–Kier alpha value is -1.66. The van der Waals surface area contributed by atoms with Gasteiger partial charge in [-0.25, -0.2) is 4.39 Å². The van der Waals surface area contributed by atoms with Crippen LogP contribution in [0.4, 0.5) is 4.39 Å². The van der Waals surface area contributed by atoms with Gasteiger partial charge in [0.25, 0.3) is 0 Å². The van der Waals surface area contributed by atoms with Crippen molar-refractivity contribution in [2.24, 2.45) is 0 Å². The SMILES string of the molecule is Cc1nn(Cc2ccc(B(O)O)cc2F)c(C)c1C. The number of halogens is 1. The highest BCUT2D eigenvalue weighted by atomic mass is 19.1. The zero-order chi connectivity index (χ0) is 14.2. The lowest BCUT2D eigenvalue weighted by molar-refractivity contribution is 0.425. The Morgan fingerprint density at radius 1 is 1.26 bits per heavy atom. The van der Waals surface area contributed by atoms with Crippen molar-refractivity contribution < 1.29 is 14.4 Å². The fraction of sp³-hybridized carbons (Fsp3) is 0.308. The van der Waals surface area contributed by atoms with Crippen LogP contribution in [-0.2, 0) is 6.54 Å². The third-order valence-electron chi connectivity index (χ3n) is 3.44. The summed E-state index contributed by atoms with van der Waals surface area (Å²) in [4.78, 5) is 0. The van der Waals surface area contributed by atoms with E-state index in [2.05, 4.69) is 5.10 Å². The van der Waals surface area contributed by atoms with E-state index >= 15 is 0 Å². The van der Waals surface area contributed by atoms with Crippen molar-refractivity contribution in [3.63, 3.8) is 0 Å². The first kappa shape index (κ1) is 13.8. The maximum Gasteiger partial charge on any atom is 0.488 e. The van der Waals surface area contributed by atoms with E-state index in [-0.39, 0.29) is 5.46 Å². The third kappa shape index (κ3) is 2.69. The highest BCUT2D eigenvalue weighted by Gasteiger charge is 2.15. The van der Waals surface area contributed by atoms with Crippen LogP contribution in [0.3, 0.4) is 0 Å². The van der Waals surface area contributed by atoms with Crippen LogP contribution in [0.2, 0.25) is 0 Å². The number of nitrogens with zero attached hydrogens (tertiary/aromatic N) is 2. The molecule has 0 aliphatic rings. The van der Waals surface area contributed by atoms with Gasteiger partial charge in [0.05, 0.1) is 12.2 Å². The van der Waals surface area contributed by atoms with Crippen LogP contribution in [0.15, 0.2) is 18.2 Å². The number of hydrogen-bond acceptors (Lipinski definition) is 3. The fourth-order valence-corrected chi connectivity index (χ4v) is 1.95. The summed E-state index contributed by atoms with van der Waals surface area (Å²) >= 11 is 0. The van der Waals surface area contributed by atoms with Crippen LogP contribution in [0.25, 0.3) is 0 Å². The quantitative estimate of drug-likeness (QED) is 0.799. The zero-order valence-corrected chi connectivity index (χ0v) is 11.2. The lowest BCUT2D eigenvalue weighted by Gasteiger charge is -2.08. The Kier molecular flexibility index (Phi) is 3.73. The van der Waals surface area contributed by atoms with Gasteiger partial charge < -0.3 is 10.0 Å². The Balaban J connectivity index is 2.31. The monoisotopic (exact) mass is 262 g/mol. The van der Waals surface area contributed by atoms with Gasteiger partial charge in [0.1, 0.15) is 5.82 Å². The second-order valence-electron chi connectivity index (χ2n) is 4.68. The van der Waals surface area contributed by atoms with E-state index in [9.17, 15) is 4.39 Å². The van der Waals surface area contributed by atoms with Crippen molar-refractivity contribution in [3.8, 4) is 0 Å². The molecule has 1 aromatic heterocycles. The van der Waals surface area contributed by atoms with E-state index in [1.54, 1.807) is 10.7 Å². The summed E-state index contributed by atoms with van der Waals surface area (Å²) in [6.07, 6.45) is 0. The predicted octanol–water partition coefficient (Wildman–Crippen LogP) is 0.676. The molecule has 0 spiro atoms. The molecule has 0 atom stereocenters. The smallest absolute Gasteiger partial charge is 0.423 e. The number of rotatable bonds is 3. The van der Waals surface area contributed by atoms with Gasteiger partial charge in [-0.05, 0) is 37.9 Å². The minimum Gasteiger partial charge on any atom is -0.423 e. The molecule has 100 valence electrons. The Morgan fingerprint density at radius 3 is 2.42 bits per heavy atom. The molecule has 4 nitrogen and oxygen atoms in total. The van der Waals surface area contributed by atoms with Crippen molar-refractivity contribution >= 4 is 12.6 Å². The molecule has 0 radical (unpaired) electrons. The molecule has 19 heavy (non-hydrogen) atoms. The Morgan fingerprint density at radius 2 is 1.95 bits per heavy atom. The summed E-state index contributed by atoms with van der Waals surface area (Å²) in [6.45, 7) is 6.17. The van der Waals surface area contributed by atoms with Crippen LogP contribution in [0, 0.1) is 26.6 Å². The standard InChI is InChI=1S/C13H16BFN2O2/c1-8-9(2)16-17(10(8)3)7-11-4-5-12(14(18)19)6-13(11)15/h4-6,18-19H,7H2,1-3H3. The molecular formula is C13H16BFN2O2. The molecule has 1 heterocycles. The molecule has 0 saturated heterocycles. The first-order chi connectivity index (χ1) is 8.90. The second-order valence-corrected chi connectivity index (χ2v) is 4.68. The Bertz CT molecular complexity index is 611. The van der Waals surface area contributed by atoms with Gasteiger partial charge in [-0.1, -0.05) is 12.1 Å². The minimum atomic E-state index is -1.65. The largest absolute Gasteiger partial charge is 0.488 e. The minimum absolute atomic E-state index is 0.144. The first-order valence-electron chi connectivity index (χ1n) is 6.05. The van der Waals surface area contributed by atoms with Gasteiger partial charge in [0.2, 0.25) is 0 Å². The number of aromatic nitrogens is 2. The van der Waals surface area contributed by atoms with Gasteiger partial charge >= 0.3 is 7.12 Å². The molecular weight excluding hydrogens is 246 g/mol. The molecule has 0 amide bonds. The normalized spacial score (nSPS) is 10.8. The lowest BCUT2D eigenvalue weighted by atomic mass is 9.80.